The van der Waals surface area contributed by atoms with E-state index in [0.29, 0.717) is 16.7 Å². The molecule has 1 N–H and O–H groups in total. The fourth-order valence-corrected chi connectivity index (χ4v) is 6.17. The van der Waals surface area contributed by atoms with Gasteiger partial charge in [-0.05, 0) is 67.6 Å². The molecule has 0 heterocycles. The quantitative estimate of drug-likeness (QED) is 0.664. The first-order chi connectivity index (χ1) is 7.33. The second-order valence-electron chi connectivity index (χ2n) is 7.52. The zero-order valence-electron chi connectivity index (χ0n) is 11.2. The van der Waals surface area contributed by atoms with Crippen LogP contribution in [-0.4, -0.2) is 10.7 Å². The molecule has 0 aromatic carbocycles. The minimum atomic E-state index is -0.419. The molecule has 3 saturated carbocycles. The van der Waals surface area contributed by atoms with Crippen LogP contribution in [0.2, 0.25) is 0 Å². The van der Waals surface area contributed by atoms with Crippen LogP contribution >= 0.6 is 0 Å². The van der Waals surface area contributed by atoms with Crippen LogP contribution < -0.4 is 0 Å². The van der Waals surface area contributed by atoms with Crippen LogP contribution in [0.15, 0.2) is 0 Å². The molecule has 3 rings (SSSR count). The molecule has 3 fully saturated rings. The maximum Gasteiger partial charge on any atom is 0.0656 e. The van der Waals surface area contributed by atoms with Gasteiger partial charge >= 0.3 is 0 Å². The summed E-state index contributed by atoms with van der Waals surface area (Å²) in [6, 6.07) is 0. The summed E-state index contributed by atoms with van der Waals surface area (Å²) in [6.07, 6.45) is 6.55. The summed E-state index contributed by atoms with van der Waals surface area (Å²) in [4.78, 5) is 0. The lowest BCUT2D eigenvalue weighted by Gasteiger charge is -2.42. The summed E-state index contributed by atoms with van der Waals surface area (Å²) in [5, 5.41) is 10.7. The Morgan fingerprint density at radius 1 is 1.06 bits per heavy atom. The molecule has 1 nitrogen and oxygen atoms in total. The number of aliphatic hydroxyl groups is 1. The maximum absolute atomic E-state index is 10.7. The van der Waals surface area contributed by atoms with E-state index in [9.17, 15) is 5.11 Å². The molecular formula is C15H26O. The van der Waals surface area contributed by atoms with Crippen LogP contribution in [0.3, 0.4) is 0 Å². The van der Waals surface area contributed by atoms with E-state index in [1.54, 1.807) is 0 Å². The Bertz CT molecular complexity index is 321. The number of hydrogen-bond donors (Lipinski definition) is 1. The van der Waals surface area contributed by atoms with Crippen LogP contribution in [0.5, 0.6) is 0 Å². The van der Waals surface area contributed by atoms with Crippen molar-refractivity contribution in [2.45, 2.75) is 65.4 Å². The molecule has 3 aliphatic rings. The Morgan fingerprint density at radius 2 is 1.75 bits per heavy atom. The highest BCUT2D eigenvalue weighted by molar-refractivity contribution is 5.20. The Labute approximate surface area is 99.6 Å². The van der Waals surface area contributed by atoms with Gasteiger partial charge in [0.1, 0.15) is 0 Å². The predicted molar refractivity (Wildman–Crippen MR) is 66.1 cm³/mol. The van der Waals surface area contributed by atoms with Gasteiger partial charge in [0, 0.05) is 0 Å². The molecule has 0 aliphatic heterocycles. The Balaban J connectivity index is 2.10. The highest BCUT2D eigenvalue weighted by atomic mass is 16.3. The predicted octanol–water partition coefficient (Wildman–Crippen LogP) is 3.61. The highest BCUT2D eigenvalue weighted by Crippen LogP contribution is 2.76. The molecule has 16 heavy (non-hydrogen) atoms. The lowest BCUT2D eigenvalue weighted by molar-refractivity contribution is -0.0179. The molecular weight excluding hydrogens is 196 g/mol. The first-order valence-electron chi connectivity index (χ1n) is 7.06. The van der Waals surface area contributed by atoms with Gasteiger partial charge in [-0.1, -0.05) is 20.8 Å². The lowest BCUT2D eigenvalue weighted by Crippen LogP contribution is -2.40. The van der Waals surface area contributed by atoms with Gasteiger partial charge in [0.05, 0.1) is 5.60 Å². The van der Waals surface area contributed by atoms with Gasteiger partial charge in [-0.15, -0.1) is 0 Å². The average molecular weight is 222 g/mol. The maximum atomic E-state index is 10.7. The van der Waals surface area contributed by atoms with Gasteiger partial charge in [-0.2, -0.15) is 0 Å². The molecule has 6 atom stereocenters. The number of rotatable bonds is 0. The average Bonchev–Trinajstić information content (AvgIpc) is 2.68. The van der Waals surface area contributed by atoms with Crippen LogP contribution in [0.25, 0.3) is 0 Å². The second kappa shape index (κ2) is 2.85. The van der Waals surface area contributed by atoms with Crippen molar-refractivity contribution in [2.75, 3.05) is 0 Å². The second-order valence-corrected chi connectivity index (χ2v) is 7.52. The molecule has 0 radical (unpaired) electrons. The Hall–Kier alpha value is -0.0400. The van der Waals surface area contributed by atoms with E-state index in [1.165, 1.54) is 25.7 Å². The van der Waals surface area contributed by atoms with Crippen molar-refractivity contribution in [3.63, 3.8) is 0 Å². The molecule has 2 unspecified atom stereocenters. The smallest absolute Gasteiger partial charge is 0.0656 e. The van der Waals surface area contributed by atoms with Gasteiger partial charge in [-0.3, -0.25) is 0 Å². The van der Waals surface area contributed by atoms with E-state index in [2.05, 4.69) is 27.7 Å². The third-order valence-corrected chi connectivity index (χ3v) is 6.95. The minimum absolute atomic E-state index is 0.419. The summed E-state index contributed by atoms with van der Waals surface area (Å²) in [7, 11) is 0. The molecule has 3 aliphatic carbocycles. The topological polar surface area (TPSA) is 20.2 Å². The van der Waals surface area contributed by atoms with E-state index >= 15 is 0 Å². The van der Waals surface area contributed by atoms with Gasteiger partial charge in [0.2, 0.25) is 0 Å². The van der Waals surface area contributed by atoms with Crippen LogP contribution in [0.1, 0.15) is 59.8 Å². The zero-order valence-corrected chi connectivity index (χ0v) is 11.2. The molecule has 0 aromatic heterocycles. The third kappa shape index (κ3) is 0.978. The number of hydrogen-bond acceptors (Lipinski definition) is 1. The molecule has 0 amide bonds. The van der Waals surface area contributed by atoms with Gasteiger partial charge < -0.3 is 5.11 Å². The summed E-state index contributed by atoms with van der Waals surface area (Å²) in [6.45, 7) is 9.30. The van der Waals surface area contributed by atoms with Crippen molar-refractivity contribution < 1.29 is 5.11 Å². The van der Waals surface area contributed by atoms with E-state index < -0.39 is 5.60 Å². The summed E-state index contributed by atoms with van der Waals surface area (Å²) in [5.41, 5.74) is 0.471. The van der Waals surface area contributed by atoms with Crippen molar-refractivity contribution in [1.29, 1.82) is 0 Å². The van der Waals surface area contributed by atoms with Crippen molar-refractivity contribution in [3.8, 4) is 0 Å². The van der Waals surface area contributed by atoms with E-state index in [0.717, 1.165) is 18.3 Å². The Kier molecular flexibility index (Phi) is 1.98. The minimum Gasteiger partial charge on any atom is -0.390 e. The summed E-state index contributed by atoms with van der Waals surface area (Å²) < 4.78 is 0. The molecule has 0 saturated heterocycles. The van der Waals surface area contributed by atoms with Crippen molar-refractivity contribution in [2.24, 2.45) is 28.6 Å². The largest absolute Gasteiger partial charge is 0.390 e. The van der Waals surface area contributed by atoms with Crippen LogP contribution in [0, 0.1) is 28.6 Å². The van der Waals surface area contributed by atoms with Crippen LogP contribution in [0.4, 0.5) is 0 Å². The van der Waals surface area contributed by atoms with E-state index in [1.807, 2.05) is 0 Å². The highest BCUT2D eigenvalue weighted by Gasteiger charge is 2.71. The molecule has 92 valence electrons. The monoisotopic (exact) mass is 222 g/mol. The van der Waals surface area contributed by atoms with Crippen molar-refractivity contribution in [3.05, 3.63) is 0 Å². The first kappa shape index (κ1) is 11.1. The molecule has 1 heteroatoms. The van der Waals surface area contributed by atoms with Gasteiger partial charge in [0.25, 0.3) is 0 Å². The van der Waals surface area contributed by atoms with E-state index in [-0.39, 0.29) is 0 Å². The van der Waals surface area contributed by atoms with Gasteiger partial charge in [0.15, 0.2) is 0 Å². The fraction of sp³-hybridized carbons (Fsp3) is 1.00. The standard InChI is InChI=1S/C15H26O/c1-10-5-8-15-11(2)14(4,16)9-13(15,3)7-6-12(10)15/h10-12,16H,5-9H2,1-4H3/t10-,11?,12+,13+,14-,15?/m1/s1. The fourth-order valence-electron chi connectivity index (χ4n) is 6.17. The van der Waals surface area contributed by atoms with E-state index in [4.69, 9.17) is 0 Å². The summed E-state index contributed by atoms with van der Waals surface area (Å²) in [5.74, 6) is 2.27. The lowest BCUT2D eigenvalue weighted by atomic mass is 9.62. The van der Waals surface area contributed by atoms with Crippen molar-refractivity contribution >= 4 is 0 Å². The molecule has 0 bridgehead atoms. The van der Waals surface area contributed by atoms with Crippen LogP contribution in [-0.2, 0) is 0 Å². The SMILES string of the molecule is CC1C23CC[C@@H](C)[C@@H]2CC[C@@]3(C)C[C@@]1(C)O. The summed E-state index contributed by atoms with van der Waals surface area (Å²) >= 11 is 0. The van der Waals surface area contributed by atoms with Gasteiger partial charge in [-0.25, -0.2) is 0 Å². The third-order valence-electron chi connectivity index (χ3n) is 6.95. The molecule has 0 aromatic rings. The molecule has 1 spiro atoms. The first-order valence-corrected chi connectivity index (χ1v) is 7.06. The zero-order chi connectivity index (χ0) is 11.8. The normalized spacial score (nSPS) is 64.7. The van der Waals surface area contributed by atoms with Crippen molar-refractivity contribution in [1.82, 2.24) is 0 Å². The Morgan fingerprint density at radius 3 is 2.44 bits per heavy atom.